The van der Waals surface area contributed by atoms with E-state index in [0.717, 1.165) is 20.8 Å². The van der Waals surface area contributed by atoms with Crippen LogP contribution >= 0.6 is 15.9 Å². The molecule has 0 aliphatic rings. The van der Waals surface area contributed by atoms with Gasteiger partial charge in [0.15, 0.2) is 0 Å². The molecule has 0 aliphatic carbocycles. The van der Waals surface area contributed by atoms with Gasteiger partial charge in [0.2, 0.25) is 0 Å². The Morgan fingerprint density at radius 3 is 2.80 bits per heavy atom. The van der Waals surface area contributed by atoms with E-state index in [2.05, 4.69) is 20.9 Å². The van der Waals surface area contributed by atoms with Crippen molar-refractivity contribution in [3.8, 4) is 0 Å². The van der Waals surface area contributed by atoms with Crippen molar-refractivity contribution < 1.29 is 4.39 Å². The Morgan fingerprint density at radius 1 is 1.10 bits per heavy atom. The molecule has 3 aromatic rings. The van der Waals surface area contributed by atoms with Crippen LogP contribution in [0.3, 0.4) is 0 Å². The lowest BCUT2D eigenvalue weighted by Crippen LogP contribution is -2.14. The summed E-state index contributed by atoms with van der Waals surface area (Å²) in [5, 5.41) is 1.99. The van der Waals surface area contributed by atoms with E-state index in [1.807, 2.05) is 24.3 Å². The molecule has 0 saturated heterocycles. The monoisotopic (exact) mass is 330 g/mol. The smallest absolute Gasteiger partial charge is 0.128 e. The normalized spacial score (nSPS) is 12.6. The molecular weight excluding hydrogens is 319 g/mol. The third kappa shape index (κ3) is 2.32. The number of pyridine rings is 1. The summed E-state index contributed by atoms with van der Waals surface area (Å²) in [6.07, 6.45) is 3.50. The standard InChI is InChI=1S/C16H12BrFN2/c17-11-4-5-15(18)14(8-11)16(19)13-3-1-2-10-9-20-7-6-12(10)13/h1-9,16H,19H2. The predicted octanol–water partition coefficient (Wildman–Crippen LogP) is 4.18. The molecule has 4 heteroatoms. The van der Waals surface area contributed by atoms with E-state index in [1.54, 1.807) is 24.5 Å². The van der Waals surface area contributed by atoms with E-state index >= 15 is 0 Å². The number of aromatic nitrogens is 1. The number of hydrogen-bond donors (Lipinski definition) is 1. The van der Waals surface area contributed by atoms with E-state index in [9.17, 15) is 4.39 Å². The van der Waals surface area contributed by atoms with Crippen molar-refractivity contribution >= 4 is 26.7 Å². The number of benzene rings is 2. The highest BCUT2D eigenvalue weighted by Crippen LogP contribution is 2.29. The number of nitrogens with zero attached hydrogens (tertiary/aromatic N) is 1. The lowest BCUT2D eigenvalue weighted by molar-refractivity contribution is 0.600. The van der Waals surface area contributed by atoms with Gasteiger partial charge in [-0.25, -0.2) is 4.39 Å². The van der Waals surface area contributed by atoms with Gasteiger partial charge in [-0.3, -0.25) is 4.98 Å². The lowest BCUT2D eigenvalue weighted by atomic mass is 9.95. The molecule has 2 aromatic carbocycles. The van der Waals surface area contributed by atoms with Gasteiger partial charge in [-0.15, -0.1) is 0 Å². The molecule has 1 atom stereocenters. The molecule has 0 bridgehead atoms. The van der Waals surface area contributed by atoms with Gasteiger partial charge in [0.05, 0.1) is 6.04 Å². The summed E-state index contributed by atoms with van der Waals surface area (Å²) in [6, 6.07) is 12.0. The van der Waals surface area contributed by atoms with E-state index in [0.29, 0.717) is 5.56 Å². The third-order valence-electron chi connectivity index (χ3n) is 3.34. The van der Waals surface area contributed by atoms with Crippen LogP contribution in [0.25, 0.3) is 10.8 Å². The summed E-state index contributed by atoms with van der Waals surface area (Å²) in [4.78, 5) is 4.10. The Labute approximate surface area is 124 Å². The van der Waals surface area contributed by atoms with Crippen molar-refractivity contribution in [2.75, 3.05) is 0 Å². The van der Waals surface area contributed by atoms with Gasteiger partial charge in [-0.2, -0.15) is 0 Å². The van der Waals surface area contributed by atoms with Gasteiger partial charge in [-0.05, 0) is 35.2 Å². The minimum Gasteiger partial charge on any atom is -0.320 e. The van der Waals surface area contributed by atoms with Gasteiger partial charge >= 0.3 is 0 Å². The summed E-state index contributed by atoms with van der Waals surface area (Å²) in [5.74, 6) is -0.299. The molecule has 1 unspecified atom stereocenters. The van der Waals surface area contributed by atoms with Crippen LogP contribution in [0.2, 0.25) is 0 Å². The van der Waals surface area contributed by atoms with Crippen molar-refractivity contribution in [2.45, 2.75) is 6.04 Å². The van der Waals surface area contributed by atoms with Gasteiger partial charge in [0, 0.05) is 27.8 Å². The van der Waals surface area contributed by atoms with Gasteiger partial charge in [0.1, 0.15) is 5.82 Å². The zero-order valence-corrected chi connectivity index (χ0v) is 12.1. The molecule has 20 heavy (non-hydrogen) atoms. The fourth-order valence-corrected chi connectivity index (χ4v) is 2.72. The molecule has 0 fully saturated rings. The molecule has 1 heterocycles. The van der Waals surface area contributed by atoms with Crippen LogP contribution in [0.5, 0.6) is 0 Å². The topological polar surface area (TPSA) is 38.9 Å². The second-order valence-corrected chi connectivity index (χ2v) is 5.50. The zero-order valence-electron chi connectivity index (χ0n) is 10.6. The summed E-state index contributed by atoms with van der Waals surface area (Å²) in [6.45, 7) is 0. The lowest BCUT2D eigenvalue weighted by Gasteiger charge is -2.16. The van der Waals surface area contributed by atoms with E-state index in [1.165, 1.54) is 6.07 Å². The molecule has 0 amide bonds. The molecule has 1 aromatic heterocycles. The van der Waals surface area contributed by atoms with E-state index < -0.39 is 6.04 Å². The maximum Gasteiger partial charge on any atom is 0.128 e. The Morgan fingerprint density at radius 2 is 1.95 bits per heavy atom. The van der Waals surface area contributed by atoms with Crippen molar-refractivity contribution in [3.63, 3.8) is 0 Å². The Bertz CT molecular complexity index is 768. The molecule has 0 aliphatic heterocycles. The van der Waals surface area contributed by atoms with Crippen LogP contribution < -0.4 is 5.73 Å². The molecule has 100 valence electrons. The molecule has 0 saturated carbocycles. The van der Waals surface area contributed by atoms with Crippen molar-refractivity contribution in [3.05, 3.63) is 76.3 Å². The zero-order chi connectivity index (χ0) is 14.1. The molecule has 2 nitrogen and oxygen atoms in total. The Hall–Kier alpha value is -1.78. The van der Waals surface area contributed by atoms with Crippen molar-refractivity contribution in [2.24, 2.45) is 5.73 Å². The average Bonchev–Trinajstić information content (AvgIpc) is 2.48. The van der Waals surface area contributed by atoms with Crippen LogP contribution in [-0.2, 0) is 0 Å². The molecular formula is C16H12BrFN2. The average molecular weight is 331 g/mol. The number of fused-ring (bicyclic) bond motifs is 1. The van der Waals surface area contributed by atoms with Crippen LogP contribution in [0.1, 0.15) is 17.2 Å². The highest BCUT2D eigenvalue weighted by Gasteiger charge is 2.16. The van der Waals surface area contributed by atoms with E-state index in [4.69, 9.17) is 5.73 Å². The number of hydrogen-bond acceptors (Lipinski definition) is 2. The first-order valence-corrected chi connectivity index (χ1v) is 6.99. The molecule has 0 radical (unpaired) electrons. The third-order valence-corrected chi connectivity index (χ3v) is 3.84. The SMILES string of the molecule is NC(c1cc(Br)ccc1F)c1cccc2cnccc12. The van der Waals surface area contributed by atoms with Crippen molar-refractivity contribution in [1.29, 1.82) is 0 Å². The summed E-state index contributed by atoms with van der Waals surface area (Å²) in [7, 11) is 0. The largest absolute Gasteiger partial charge is 0.320 e. The quantitative estimate of drug-likeness (QED) is 0.765. The van der Waals surface area contributed by atoms with Crippen LogP contribution in [0, 0.1) is 5.82 Å². The Balaban J connectivity index is 2.17. The highest BCUT2D eigenvalue weighted by atomic mass is 79.9. The van der Waals surface area contributed by atoms with Crippen LogP contribution in [0.15, 0.2) is 59.3 Å². The second kappa shape index (κ2) is 5.31. The second-order valence-electron chi connectivity index (χ2n) is 4.59. The van der Waals surface area contributed by atoms with Gasteiger partial charge in [-0.1, -0.05) is 34.1 Å². The summed E-state index contributed by atoms with van der Waals surface area (Å²) >= 11 is 3.35. The maximum absolute atomic E-state index is 14.0. The fourth-order valence-electron chi connectivity index (χ4n) is 2.34. The number of rotatable bonds is 2. The van der Waals surface area contributed by atoms with Gasteiger partial charge < -0.3 is 5.73 Å². The highest BCUT2D eigenvalue weighted by molar-refractivity contribution is 9.10. The minimum atomic E-state index is -0.515. The number of halogens is 2. The maximum atomic E-state index is 14.0. The first kappa shape index (κ1) is 13.2. The summed E-state index contributed by atoms with van der Waals surface area (Å²) in [5.41, 5.74) is 7.64. The minimum absolute atomic E-state index is 0.299. The fraction of sp³-hybridized carbons (Fsp3) is 0.0625. The molecule has 3 rings (SSSR count). The van der Waals surface area contributed by atoms with Crippen LogP contribution in [-0.4, -0.2) is 4.98 Å². The first-order chi connectivity index (χ1) is 9.66. The first-order valence-electron chi connectivity index (χ1n) is 6.20. The number of nitrogens with two attached hydrogens (primary N) is 1. The van der Waals surface area contributed by atoms with Crippen molar-refractivity contribution in [1.82, 2.24) is 4.98 Å². The van der Waals surface area contributed by atoms with E-state index in [-0.39, 0.29) is 5.82 Å². The van der Waals surface area contributed by atoms with Crippen LogP contribution in [0.4, 0.5) is 4.39 Å². The predicted molar refractivity (Wildman–Crippen MR) is 81.9 cm³/mol. The molecule has 0 spiro atoms. The molecule has 2 N–H and O–H groups in total. The summed E-state index contributed by atoms with van der Waals surface area (Å²) < 4.78 is 14.8. The Kier molecular flexibility index (Phi) is 3.51. The van der Waals surface area contributed by atoms with Gasteiger partial charge in [0.25, 0.3) is 0 Å².